The fraction of sp³-hybridized carbons (Fsp3) is 0.133. The molecule has 1 N–H and O–H groups in total. The van der Waals surface area contributed by atoms with Crippen LogP contribution in [0.25, 0.3) is 5.69 Å². The summed E-state index contributed by atoms with van der Waals surface area (Å²) in [5.41, 5.74) is 2.17. The van der Waals surface area contributed by atoms with Gasteiger partial charge in [0, 0.05) is 24.8 Å². The van der Waals surface area contributed by atoms with Crippen LogP contribution in [0.2, 0.25) is 0 Å². The lowest BCUT2D eigenvalue weighted by atomic mass is 10.1. The van der Waals surface area contributed by atoms with Crippen LogP contribution in [-0.4, -0.2) is 19.7 Å². The van der Waals surface area contributed by atoms with E-state index in [-0.39, 0.29) is 6.04 Å². The fourth-order valence-corrected chi connectivity index (χ4v) is 2.34. The van der Waals surface area contributed by atoms with Crippen LogP contribution >= 0.6 is 15.9 Å². The van der Waals surface area contributed by atoms with Crippen molar-refractivity contribution in [3.8, 4) is 5.69 Å². The fourth-order valence-electron chi connectivity index (χ4n) is 2.13. The molecule has 0 aliphatic heterocycles. The Bertz CT molecular complexity index is 709. The first-order valence-corrected chi connectivity index (χ1v) is 7.36. The second-order valence-electron chi connectivity index (χ2n) is 4.60. The highest BCUT2D eigenvalue weighted by atomic mass is 79.9. The zero-order chi connectivity index (χ0) is 14.7. The van der Waals surface area contributed by atoms with Gasteiger partial charge in [0.15, 0.2) is 0 Å². The first-order valence-electron chi connectivity index (χ1n) is 6.57. The van der Waals surface area contributed by atoms with Crippen molar-refractivity contribution in [2.75, 3.05) is 5.32 Å². The minimum Gasteiger partial charge on any atom is -0.348 e. The first-order chi connectivity index (χ1) is 10.2. The van der Waals surface area contributed by atoms with Gasteiger partial charge in [-0.3, -0.25) is 0 Å². The number of hydrogen-bond acceptors (Lipinski definition) is 4. The Morgan fingerprint density at radius 2 is 1.90 bits per heavy atom. The second-order valence-corrected chi connectivity index (χ2v) is 5.52. The van der Waals surface area contributed by atoms with Gasteiger partial charge >= 0.3 is 0 Å². The van der Waals surface area contributed by atoms with Crippen molar-refractivity contribution < 1.29 is 0 Å². The average molecular weight is 344 g/mol. The minimum atomic E-state index is 0.0616. The number of hydrogen-bond donors (Lipinski definition) is 1. The highest BCUT2D eigenvalue weighted by Gasteiger charge is 2.12. The topological polar surface area (TPSA) is 55.6 Å². The van der Waals surface area contributed by atoms with Gasteiger partial charge in [-0.15, -0.1) is 0 Å². The van der Waals surface area contributed by atoms with Crippen molar-refractivity contribution >= 4 is 21.9 Å². The van der Waals surface area contributed by atoms with Crippen LogP contribution in [-0.2, 0) is 0 Å². The number of nitrogens with one attached hydrogen (secondary N) is 1. The molecule has 0 bridgehead atoms. The molecule has 21 heavy (non-hydrogen) atoms. The highest BCUT2D eigenvalue weighted by Crippen LogP contribution is 2.23. The summed E-state index contributed by atoms with van der Waals surface area (Å²) >= 11 is 3.33. The van der Waals surface area contributed by atoms with Crippen molar-refractivity contribution in [2.45, 2.75) is 13.0 Å². The second kappa shape index (κ2) is 6.05. The molecule has 3 rings (SSSR count). The molecule has 6 heteroatoms. The quantitative estimate of drug-likeness (QED) is 0.786. The molecule has 1 unspecified atom stereocenters. The normalized spacial score (nSPS) is 12.1. The third-order valence-corrected chi connectivity index (χ3v) is 3.53. The Hall–Kier alpha value is -2.21. The molecule has 0 fully saturated rings. The third kappa shape index (κ3) is 3.11. The van der Waals surface area contributed by atoms with Gasteiger partial charge in [-0.05, 0) is 40.5 Å². The highest BCUT2D eigenvalue weighted by molar-refractivity contribution is 9.10. The maximum Gasteiger partial charge on any atom is 0.223 e. The van der Waals surface area contributed by atoms with Gasteiger partial charge in [0.2, 0.25) is 5.95 Å². The predicted molar refractivity (Wildman–Crippen MR) is 85.3 cm³/mol. The zero-order valence-electron chi connectivity index (χ0n) is 11.4. The number of para-hydroxylation sites is 1. The molecule has 0 spiro atoms. The molecule has 0 saturated carbocycles. The molecule has 1 aromatic carbocycles. The number of aromatic nitrogens is 4. The Balaban J connectivity index is 1.88. The summed E-state index contributed by atoms with van der Waals surface area (Å²) in [7, 11) is 0. The van der Waals surface area contributed by atoms with Gasteiger partial charge in [-0.2, -0.15) is 5.10 Å². The predicted octanol–water partition coefficient (Wildman–Crippen LogP) is 3.60. The largest absolute Gasteiger partial charge is 0.348 e. The maximum absolute atomic E-state index is 4.30. The van der Waals surface area contributed by atoms with Gasteiger partial charge in [-0.1, -0.05) is 18.2 Å². The summed E-state index contributed by atoms with van der Waals surface area (Å²) in [5, 5.41) is 7.60. The van der Waals surface area contributed by atoms with E-state index in [0.29, 0.717) is 5.95 Å². The number of anilines is 1. The maximum atomic E-state index is 4.30. The lowest BCUT2D eigenvalue weighted by Crippen LogP contribution is -2.12. The van der Waals surface area contributed by atoms with E-state index in [9.17, 15) is 0 Å². The molecule has 2 heterocycles. The number of benzene rings is 1. The van der Waals surface area contributed by atoms with E-state index >= 15 is 0 Å². The molecule has 0 aliphatic rings. The van der Waals surface area contributed by atoms with Crippen molar-refractivity contribution in [3.05, 3.63) is 65.2 Å². The molecule has 5 nitrogen and oxygen atoms in total. The van der Waals surface area contributed by atoms with Gasteiger partial charge in [0.1, 0.15) is 0 Å². The first kappa shape index (κ1) is 13.8. The van der Waals surface area contributed by atoms with E-state index in [0.717, 1.165) is 15.7 Å². The summed E-state index contributed by atoms with van der Waals surface area (Å²) in [5.74, 6) is 0.598. The van der Waals surface area contributed by atoms with E-state index < -0.39 is 0 Å². The van der Waals surface area contributed by atoms with Crippen molar-refractivity contribution in [2.24, 2.45) is 0 Å². The monoisotopic (exact) mass is 343 g/mol. The Morgan fingerprint density at radius 3 is 2.62 bits per heavy atom. The molecule has 0 radical (unpaired) electrons. The van der Waals surface area contributed by atoms with Crippen molar-refractivity contribution in [1.29, 1.82) is 0 Å². The smallest absolute Gasteiger partial charge is 0.223 e. The molecular formula is C15H14BrN5. The molecule has 0 aliphatic carbocycles. The summed E-state index contributed by atoms with van der Waals surface area (Å²) < 4.78 is 2.72. The van der Waals surface area contributed by atoms with Crippen LogP contribution < -0.4 is 5.32 Å². The zero-order valence-corrected chi connectivity index (χ0v) is 13.0. The van der Waals surface area contributed by atoms with Crippen LogP contribution in [0.3, 0.4) is 0 Å². The van der Waals surface area contributed by atoms with E-state index in [2.05, 4.69) is 49.3 Å². The Kier molecular flexibility index (Phi) is 3.96. The van der Waals surface area contributed by atoms with Crippen LogP contribution in [0.1, 0.15) is 18.5 Å². The number of halogens is 1. The molecule has 106 valence electrons. The van der Waals surface area contributed by atoms with Crippen LogP contribution in [0, 0.1) is 0 Å². The van der Waals surface area contributed by atoms with Gasteiger partial charge in [-0.25, -0.2) is 14.6 Å². The molecule has 1 atom stereocenters. The number of rotatable bonds is 4. The Morgan fingerprint density at radius 1 is 1.14 bits per heavy atom. The van der Waals surface area contributed by atoms with E-state index in [4.69, 9.17) is 0 Å². The molecule has 0 amide bonds. The van der Waals surface area contributed by atoms with E-state index in [1.165, 1.54) is 0 Å². The lowest BCUT2D eigenvalue weighted by molar-refractivity contribution is 0.808. The summed E-state index contributed by atoms with van der Waals surface area (Å²) in [6.45, 7) is 2.08. The SMILES string of the molecule is CC(Nc1ncc(Br)cn1)c1ccccc1-n1cccn1. The van der Waals surface area contributed by atoms with Crippen LogP contribution in [0.4, 0.5) is 5.95 Å². The lowest BCUT2D eigenvalue weighted by Gasteiger charge is -2.17. The molecule has 3 aromatic rings. The molecule has 2 aromatic heterocycles. The van der Waals surface area contributed by atoms with Crippen LogP contribution in [0.15, 0.2) is 59.6 Å². The summed E-state index contributed by atoms with van der Waals surface area (Å²) in [6.07, 6.45) is 7.15. The number of nitrogens with zero attached hydrogens (tertiary/aromatic N) is 4. The summed E-state index contributed by atoms with van der Waals surface area (Å²) in [6, 6.07) is 10.1. The van der Waals surface area contributed by atoms with Gasteiger partial charge < -0.3 is 5.32 Å². The average Bonchev–Trinajstić information content (AvgIpc) is 3.04. The minimum absolute atomic E-state index is 0.0616. The van der Waals surface area contributed by atoms with Crippen molar-refractivity contribution in [1.82, 2.24) is 19.7 Å². The van der Waals surface area contributed by atoms with E-state index in [1.807, 2.05) is 35.1 Å². The summed E-state index contributed by atoms with van der Waals surface area (Å²) in [4.78, 5) is 8.49. The van der Waals surface area contributed by atoms with E-state index in [1.54, 1.807) is 18.6 Å². The van der Waals surface area contributed by atoms with Crippen molar-refractivity contribution in [3.63, 3.8) is 0 Å². The van der Waals surface area contributed by atoms with Crippen LogP contribution in [0.5, 0.6) is 0 Å². The molecular weight excluding hydrogens is 330 g/mol. The van der Waals surface area contributed by atoms with Gasteiger partial charge in [0.25, 0.3) is 0 Å². The standard InChI is InChI=1S/C15H14BrN5/c1-11(20-15-17-9-12(16)10-18-15)13-5-2-3-6-14(13)21-8-4-7-19-21/h2-11H,1H3,(H,17,18,20). The Labute approximate surface area is 131 Å². The molecule has 0 saturated heterocycles. The van der Waals surface area contributed by atoms with Gasteiger partial charge in [0.05, 0.1) is 16.2 Å². The third-order valence-electron chi connectivity index (χ3n) is 3.12.